The summed E-state index contributed by atoms with van der Waals surface area (Å²) in [4.78, 5) is 12.1. The number of hydrogen-bond donors (Lipinski definition) is 8. The highest BCUT2D eigenvalue weighted by molar-refractivity contribution is 5.72. The quantitative estimate of drug-likeness (QED) is 0.122. The van der Waals surface area contributed by atoms with Gasteiger partial charge in [0.15, 0.2) is 18.7 Å². The first-order valence-electron chi connectivity index (χ1n) is 14.8. The Morgan fingerprint density at radius 3 is 2.10 bits per heavy atom. The molecule has 4 aliphatic rings. The first-order valence-corrected chi connectivity index (χ1v) is 14.8. The molecule has 8 N–H and O–H groups in total. The summed E-state index contributed by atoms with van der Waals surface area (Å²) in [7, 11) is 0. The van der Waals surface area contributed by atoms with Gasteiger partial charge in [-0.25, -0.2) is 4.79 Å². The number of carboxylic acid groups (broad SMARTS) is 1. The average Bonchev–Trinajstić information content (AvgIpc) is 2.98. The maximum Gasteiger partial charge on any atom is 0.332 e. The third-order valence-corrected chi connectivity index (χ3v) is 8.75. The normalized spacial score (nSPS) is 44.5. The van der Waals surface area contributed by atoms with Crippen LogP contribution < -0.4 is 0 Å². The molecule has 3 saturated heterocycles. The third-order valence-electron chi connectivity index (χ3n) is 8.75. The summed E-state index contributed by atoms with van der Waals surface area (Å²) in [6, 6.07) is 0. The lowest BCUT2D eigenvalue weighted by Gasteiger charge is -2.47. The van der Waals surface area contributed by atoms with E-state index in [0.717, 1.165) is 32.1 Å². The van der Waals surface area contributed by atoms with Crippen molar-refractivity contribution in [2.45, 2.75) is 138 Å². The predicted octanol–water partition coefficient (Wildman–Crippen LogP) is -2.39. The lowest BCUT2D eigenvalue weighted by atomic mass is 9.85. The van der Waals surface area contributed by atoms with Gasteiger partial charge in [0.25, 0.3) is 0 Å². The second-order valence-corrected chi connectivity index (χ2v) is 11.7. The molecule has 15 heteroatoms. The number of carbonyl (C=O) groups is 1. The highest BCUT2D eigenvalue weighted by Gasteiger charge is 2.51. The molecular weight excluding hydrogens is 564 g/mol. The fourth-order valence-corrected chi connectivity index (χ4v) is 6.22. The van der Waals surface area contributed by atoms with Crippen molar-refractivity contribution in [3.05, 3.63) is 0 Å². The monoisotopic (exact) mass is 610 g/mol. The number of aliphatic carboxylic acids is 1. The molecule has 4 rings (SSSR count). The second-order valence-electron chi connectivity index (χ2n) is 11.7. The van der Waals surface area contributed by atoms with Crippen molar-refractivity contribution in [3.63, 3.8) is 0 Å². The van der Waals surface area contributed by atoms with E-state index in [-0.39, 0.29) is 25.4 Å². The van der Waals surface area contributed by atoms with Crippen LogP contribution in [0.1, 0.15) is 51.9 Å². The van der Waals surface area contributed by atoms with Gasteiger partial charge in [0.05, 0.1) is 25.4 Å². The van der Waals surface area contributed by atoms with Gasteiger partial charge in [-0.1, -0.05) is 32.1 Å². The number of carboxylic acids is 1. The largest absolute Gasteiger partial charge is 0.479 e. The number of ether oxygens (including phenoxy) is 6. The first-order chi connectivity index (χ1) is 20.0. The van der Waals surface area contributed by atoms with E-state index < -0.39 is 105 Å². The molecule has 0 spiro atoms. The van der Waals surface area contributed by atoms with Crippen molar-refractivity contribution in [2.75, 3.05) is 19.8 Å². The summed E-state index contributed by atoms with van der Waals surface area (Å²) in [5, 5.41) is 82.4. The number of hydrogen-bond acceptors (Lipinski definition) is 14. The Labute approximate surface area is 243 Å². The zero-order chi connectivity index (χ0) is 30.6. The summed E-state index contributed by atoms with van der Waals surface area (Å²) in [6.07, 6.45) is -13.6. The molecule has 42 heavy (non-hydrogen) atoms. The van der Waals surface area contributed by atoms with Crippen molar-refractivity contribution < 1.29 is 74.1 Å². The second kappa shape index (κ2) is 15.3. The fourth-order valence-electron chi connectivity index (χ4n) is 6.22. The maximum absolute atomic E-state index is 12.1. The van der Waals surface area contributed by atoms with Gasteiger partial charge in [0, 0.05) is 6.61 Å². The number of aliphatic hydroxyl groups is 7. The van der Waals surface area contributed by atoms with E-state index in [9.17, 15) is 45.6 Å². The molecule has 1 saturated carbocycles. The topological polar surface area (TPSA) is 234 Å². The van der Waals surface area contributed by atoms with Crippen molar-refractivity contribution in [1.82, 2.24) is 0 Å². The summed E-state index contributed by atoms with van der Waals surface area (Å²) >= 11 is 0. The Morgan fingerprint density at radius 2 is 1.45 bits per heavy atom. The average molecular weight is 611 g/mol. The zero-order valence-corrected chi connectivity index (χ0v) is 23.7. The van der Waals surface area contributed by atoms with E-state index in [4.69, 9.17) is 28.4 Å². The van der Waals surface area contributed by atoms with Crippen LogP contribution in [-0.2, 0) is 33.2 Å². The van der Waals surface area contributed by atoms with Crippen LogP contribution >= 0.6 is 0 Å². The molecule has 4 fully saturated rings. The Hall–Kier alpha value is -1.05. The molecule has 3 heterocycles. The van der Waals surface area contributed by atoms with Gasteiger partial charge >= 0.3 is 5.97 Å². The van der Waals surface area contributed by atoms with Gasteiger partial charge in [-0.15, -0.1) is 0 Å². The van der Waals surface area contributed by atoms with E-state index in [2.05, 4.69) is 0 Å². The molecule has 15 nitrogen and oxygen atoms in total. The Kier molecular flexibility index (Phi) is 12.3. The number of aliphatic hydroxyl groups excluding tert-OH is 7. The molecule has 1 aliphatic carbocycles. The van der Waals surface area contributed by atoms with Crippen LogP contribution in [0.2, 0.25) is 0 Å². The molecular formula is C27H46O15. The van der Waals surface area contributed by atoms with E-state index >= 15 is 0 Å². The maximum atomic E-state index is 12.1. The molecule has 0 radical (unpaired) electrons. The van der Waals surface area contributed by atoms with Crippen LogP contribution in [-0.4, -0.2) is 152 Å². The molecule has 0 aromatic carbocycles. The molecule has 0 aromatic heterocycles. The predicted molar refractivity (Wildman–Crippen MR) is 139 cm³/mol. The highest BCUT2D eigenvalue weighted by Crippen LogP contribution is 2.34. The Balaban J connectivity index is 1.49. The Morgan fingerprint density at radius 1 is 0.786 bits per heavy atom. The lowest BCUT2D eigenvalue weighted by Crippen LogP contribution is -2.63. The number of rotatable bonds is 11. The van der Waals surface area contributed by atoms with Gasteiger partial charge in [-0.3, -0.25) is 0 Å². The summed E-state index contributed by atoms with van der Waals surface area (Å²) < 4.78 is 34.5. The highest BCUT2D eigenvalue weighted by atomic mass is 16.7. The SMILES string of the molecule is C[C@@H]1O[C@@H](O[C@@H]2[C@@H](CO)OCC[C@H]2OC2O[C@H](CO)[C@H](O)[C@H](O[C@@H](CC3CCCCC3)C(=O)O)[C@H]2O)[C@@H](O)[C@H](O)[C@@H]1O. The molecule has 14 atom stereocenters. The summed E-state index contributed by atoms with van der Waals surface area (Å²) in [6.45, 7) is 0.393. The van der Waals surface area contributed by atoms with E-state index in [1.54, 1.807) is 0 Å². The summed E-state index contributed by atoms with van der Waals surface area (Å²) in [5.74, 6) is -1.11. The fraction of sp³-hybridized carbons (Fsp3) is 0.963. The van der Waals surface area contributed by atoms with Crippen LogP contribution in [0.25, 0.3) is 0 Å². The van der Waals surface area contributed by atoms with Crippen molar-refractivity contribution in [3.8, 4) is 0 Å². The van der Waals surface area contributed by atoms with Crippen LogP contribution in [0.3, 0.4) is 0 Å². The van der Waals surface area contributed by atoms with Gasteiger partial charge in [-0.05, 0) is 25.7 Å². The first kappa shape index (κ1) is 33.8. The standard InChI is InChI=1S/C27H46O15/c1-12-18(30)20(32)21(33)26(38-12)42-23-14(7-8-37-17(23)11-29)40-27-22(34)24(19(31)16(10-28)41-27)39-15(25(35)36)9-13-5-3-2-4-6-13/h12-24,26-34H,2-11H2,1H3,(H,35,36)/t12-,14+,15-,16+,17+,18+,19-,20+,21-,22+,23-,24-,26-,27?/m0/s1. The van der Waals surface area contributed by atoms with Gasteiger partial charge in [0.1, 0.15) is 54.9 Å². The van der Waals surface area contributed by atoms with Crippen molar-refractivity contribution in [2.24, 2.45) is 5.92 Å². The minimum absolute atomic E-state index is 0.110. The zero-order valence-electron chi connectivity index (χ0n) is 23.7. The lowest BCUT2D eigenvalue weighted by molar-refractivity contribution is -0.356. The van der Waals surface area contributed by atoms with E-state index in [1.165, 1.54) is 6.92 Å². The molecule has 3 aliphatic heterocycles. The van der Waals surface area contributed by atoms with Crippen molar-refractivity contribution >= 4 is 5.97 Å². The van der Waals surface area contributed by atoms with Crippen molar-refractivity contribution in [1.29, 1.82) is 0 Å². The van der Waals surface area contributed by atoms with Crippen LogP contribution in [0.5, 0.6) is 0 Å². The van der Waals surface area contributed by atoms with E-state index in [0.29, 0.717) is 0 Å². The minimum Gasteiger partial charge on any atom is -0.479 e. The minimum atomic E-state index is -1.68. The molecule has 1 unspecified atom stereocenters. The molecule has 0 bridgehead atoms. The molecule has 0 aromatic rings. The molecule has 244 valence electrons. The summed E-state index contributed by atoms with van der Waals surface area (Å²) in [5.41, 5.74) is 0. The third kappa shape index (κ3) is 7.77. The van der Waals surface area contributed by atoms with Gasteiger partial charge < -0.3 is 69.3 Å². The van der Waals surface area contributed by atoms with Crippen LogP contribution in [0.15, 0.2) is 0 Å². The van der Waals surface area contributed by atoms with E-state index in [1.807, 2.05) is 0 Å². The molecule has 0 amide bonds. The Bertz CT molecular complexity index is 842. The smallest absolute Gasteiger partial charge is 0.332 e. The van der Waals surface area contributed by atoms with Crippen LogP contribution in [0, 0.1) is 5.92 Å². The van der Waals surface area contributed by atoms with Crippen LogP contribution in [0.4, 0.5) is 0 Å². The van der Waals surface area contributed by atoms with Gasteiger partial charge in [-0.2, -0.15) is 0 Å². The van der Waals surface area contributed by atoms with Gasteiger partial charge in [0.2, 0.25) is 0 Å².